The molecule has 0 aliphatic carbocycles. The first-order valence-corrected chi connectivity index (χ1v) is 11.4. The molecule has 0 amide bonds. The minimum atomic E-state index is -0.0662. The first-order chi connectivity index (χ1) is 14.5. The highest BCUT2D eigenvalue weighted by Crippen LogP contribution is 2.44. The number of aryl methyl sites for hydroxylation is 1. The van der Waals surface area contributed by atoms with E-state index in [4.69, 9.17) is 11.6 Å². The van der Waals surface area contributed by atoms with Crippen LogP contribution in [0.4, 0.5) is 17.1 Å². The van der Waals surface area contributed by atoms with Gasteiger partial charge in [0, 0.05) is 25.4 Å². The fourth-order valence-electron chi connectivity index (χ4n) is 4.55. The van der Waals surface area contributed by atoms with Crippen LogP contribution in [0.5, 0.6) is 0 Å². The fourth-order valence-corrected chi connectivity index (χ4v) is 4.76. The number of aliphatic imine (C=N–C) groups is 1. The molecule has 1 unspecified atom stereocenters. The number of nitrogens with one attached hydrogen (secondary N) is 1. The molecule has 30 heavy (non-hydrogen) atoms. The van der Waals surface area contributed by atoms with Crippen molar-refractivity contribution < 1.29 is 0 Å². The van der Waals surface area contributed by atoms with Gasteiger partial charge in [-0.1, -0.05) is 37.9 Å². The number of pyridine rings is 1. The van der Waals surface area contributed by atoms with Crippen molar-refractivity contribution in [3.05, 3.63) is 50.9 Å². The SMILES string of the molecule is C=Nc1c(Cl)ccc(C(CC)CCC)c1N1CCCCN(c2c[nH]c(=O)cc2C)C1. The van der Waals surface area contributed by atoms with E-state index >= 15 is 0 Å². The first kappa shape index (κ1) is 22.4. The Hall–Kier alpha value is -2.27. The van der Waals surface area contributed by atoms with E-state index in [0.717, 1.165) is 74.5 Å². The van der Waals surface area contributed by atoms with Gasteiger partial charge in [-0.2, -0.15) is 0 Å². The number of nitrogens with zero attached hydrogens (tertiary/aromatic N) is 3. The summed E-state index contributed by atoms with van der Waals surface area (Å²) in [4.78, 5) is 23.6. The quantitative estimate of drug-likeness (QED) is 0.548. The number of halogens is 1. The van der Waals surface area contributed by atoms with Gasteiger partial charge in [-0.25, -0.2) is 0 Å². The number of aromatic nitrogens is 1. The number of anilines is 2. The van der Waals surface area contributed by atoms with Gasteiger partial charge in [0.15, 0.2) is 0 Å². The van der Waals surface area contributed by atoms with E-state index in [1.54, 1.807) is 6.07 Å². The zero-order valence-corrected chi connectivity index (χ0v) is 19.1. The fraction of sp³-hybridized carbons (Fsp3) is 0.500. The lowest BCUT2D eigenvalue weighted by atomic mass is 9.89. The summed E-state index contributed by atoms with van der Waals surface area (Å²) in [6.45, 7) is 12.9. The van der Waals surface area contributed by atoms with Crippen LogP contribution >= 0.6 is 11.6 Å². The molecule has 5 nitrogen and oxygen atoms in total. The second kappa shape index (κ2) is 10.2. The maximum atomic E-state index is 11.7. The Labute approximate surface area is 184 Å². The van der Waals surface area contributed by atoms with Crippen LogP contribution in [0.15, 0.2) is 34.2 Å². The molecule has 1 N–H and O–H groups in total. The van der Waals surface area contributed by atoms with Gasteiger partial charge in [-0.15, -0.1) is 0 Å². The highest BCUT2D eigenvalue weighted by molar-refractivity contribution is 6.33. The lowest BCUT2D eigenvalue weighted by Crippen LogP contribution is -2.37. The maximum absolute atomic E-state index is 11.7. The molecule has 162 valence electrons. The number of benzene rings is 1. The third-order valence-electron chi connectivity index (χ3n) is 6.07. The summed E-state index contributed by atoms with van der Waals surface area (Å²) in [7, 11) is 0. The molecule has 3 rings (SSSR count). The summed E-state index contributed by atoms with van der Waals surface area (Å²) < 4.78 is 0. The van der Waals surface area contributed by atoms with Crippen LogP contribution in [0.1, 0.15) is 63.0 Å². The molecule has 1 fully saturated rings. The summed E-state index contributed by atoms with van der Waals surface area (Å²) in [5.41, 5.74) is 5.20. The standard InChI is InChI=1S/C24H33ClN4O/c1-5-9-18(6-2)19-10-11-20(25)23(26-4)24(19)29-13-8-7-12-28(16-29)21-15-27-22(30)14-17(21)3/h10-11,14-15,18H,4-9,12-13,16H2,1-3H3,(H,27,30). The van der Waals surface area contributed by atoms with Crippen LogP contribution < -0.4 is 15.4 Å². The Balaban J connectivity index is 2.06. The van der Waals surface area contributed by atoms with Crippen LogP contribution in [-0.2, 0) is 0 Å². The average Bonchev–Trinajstić information content (AvgIpc) is 2.98. The van der Waals surface area contributed by atoms with Gasteiger partial charge in [0.25, 0.3) is 0 Å². The van der Waals surface area contributed by atoms with Gasteiger partial charge in [0.1, 0.15) is 5.69 Å². The number of hydrogen-bond acceptors (Lipinski definition) is 4. The van der Waals surface area contributed by atoms with Gasteiger partial charge < -0.3 is 14.8 Å². The molecular formula is C24H33ClN4O. The van der Waals surface area contributed by atoms with E-state index < -0.39 is 0 Å². The predicted octanol–water partition coefficient (Wildman–Crippen LogP) is 6.03. The molecule has 0 spiro atoms. The molecule has 1 atom stereocenters. The second-order valence-electron chi connectivity index (χ2n) is 8.13. The average molecular weight is 429 g/mol. The summed E-state index contributed by atoms with van der Waals surface area (Å²) in [5, 5.41) is 0.645. The molecule has 6 heteroatoms. The van der Waals surface area contributed by atoms with Gasteiger partial charge in [0.2, 0.25) is 5.56 Å². The summed E-state index contributed by atoms with van der Waals surface area (Å²) in [6, 6.07) is 5.81. The maximum Gasteiger partial charge on any atom is 0.248 e. The van der Waals surface area contributed by atoms with E-state index in [1.165, 1.54) is 5.56 Å². The van der Waals surface area contributed by atoms with Crippen molar-refractivity contribution in [2.24, 2.45) is 4.99 Å². The van der Waals surface area contributed by atoms with Crippen LogP contribution in [0.2, 0.25) is 5.02 Å². The molecule has 1 aliphatic heterocycles. The van der Waals surface area contributed by atoms with Crippen molar-refractivity contribution in [3.63, 3.8) is 0 Å². The molecule has 2 heterocycles. The number of H-pyrrole nitrogens is 1. The second-order valence-corrected chi connectivity index (χ2v) is 8.53. The molecular weight excluding hydrogens is 396 g/mol. The lowest BCUT2D eigenvalue weighted by Gasteiger charge is -2.34. The van der Waals surface area contributed by atoms with Crippen molar-refractivity contribution in [1.82, 2.24) is 4.98 Å². The largest absolute Gasteiger partial charge is 0.352 e. The van der Waals surface area contributed by atoms with Gasteiger partial charge in [0.05, 0.1) is 23.1 Å². The molecule has 1 aliphatic rings. The molecule has 2 aromatic rings. The topological polar surface area (TPSA) is 51.7 Å². The Bertz CT molecular complexity index is 939. The van der Waals surface area contributed by atoms with Crippen molar-refractivity contribution >= 4 is 35.4 Å². The van der Waals surface area contributed by atoms with Gasteiger partial charge in [-0.3, -0.25) is 9.79 Å². The summed E-state index contributed by atoms with van der Waals surface area (Å²) in [5.74, 6) is 0.467. The highest BCUT2D eigenvalue weighted by atomic mass is 35.5. The van der Waals surface area contributed by atoms with Crippen LogP contribution in [0, 0.1) is 6.92 Å². The van der Waals surface area contributed by atoms with Crippen molar-refractivity contribution in [3.8, 4) is 0 Å². The summed E-state index contributed by atoms with van der Waals surface area (Å²) >= 11 is 6.57. The Morgan fingerprint density at radius 1 is 1.23 bits per heavy atom. The minimum absolute atomic E-state index is 0.0662. The highest BCUT2D eigenvalue weighted by Gasteiger charge is 2.26. The van der Waals surface area contributed by atoms with E-state index in [-0.39, 0.29) is 5.56 Å². The Kier molecular flexibility index (Phi) is 7.59. The van der Waals surface area contributed by atoms with Gasteiger partial charge in [-0.05, 0) is 62.4 Å². The zero-order valence-electron chi connectivity index (χ0n) is 18.4. The molecule has 0 radical (unpaired) electrons. The van der Waals surface area contributed by atoms with E-state index in [1.807, 2.05) is 19.2 Å². The van der Waals surface area contributed by atoms with Crippen LogP contribution in [-0.4, -0.2) is 31.5 Å². The molecule has 0 saturated carbocycles. The zero-order chi connectivity index (χ0) is 21.7. The van der Waals surface area contributed by atoms with Crippen LogP contribution in [0.25, 0.3) is 0 Å². The number of aromatic amines is 1. The molecule has 1 saturated heterocycles. The first-order valence-electron chi connectivity index (χ1n) is 11.0. The lowest BCUT2D eigenvalue weighted by molar-refractivity contribution is 0.593. The molecule has 1 aromatic heterocycles. The molecule has 1 aromatic carbocycles. The third kappa shape index (κ3) is 4.72. The van der Waals surface area contributed by atoms with E-state index in [2.05, 4.69) is 46.4 Å². The predicted molar refractivity (Wildman–Crippen MR) is 129 cm³/mol. The summed E-state index contributed by atoms with van der Waals surface area (Å²) in [6.07, 6.45) is 7.37. The number of rotatable bonds is 7. The normalized spacial score (nSPS) is 15.7. The van der Waals surface area contributed by atoms with E-state index in [0.29, 0.717) is 10.9 Å². The minimum Gasteiger partial charge on any atom is -0.352 e. The smallest absolute Gasteiger partial charge is 0.248 e. The van der Waals surface area contributed by atoms with Crippen molar-refractivity contribution in [2.75, 3.05) is 29.6 Å². The van der Waals surface area contributed by atoms with Crippen molar-refractivity contribution in [2.45, 2.75) is 58.8 Å². The van der Waals surface area contributed by atoms with Gasteiger partial charge >= 0.3 is 0 Å². The number of hydrogen-bond donors (Lipinski definition) is 1. The third-order valence-corrected chi connectivity index (χ3v) is 6.37. The van der Waals surface area contributed by atoms with Crippen LogP contribution in [0.3, 0.4) is 0 Å². The Morgan fingerprint density at radius 3 is 2.60 bits per heavy atom. The molecule has 0 bridgehead atoms. The Morgan fingerprint density at radius 2 is 1.97 bits per heavy atom. The van der Waals surface area contributed by atoms with Crippen molar-refractivity contribution in [1.29, 1.82) is 0 Å². The van der Waals surface area contributed by atoms with E-state index in [9.17, 15) is 4.79 Å². The monoisotopic (exact) mass is 428 g/mol.